The number of methoxy groups -OCH3 is 1. The summed E-state index contributed by atoms with van der Waals surface area (Å²) in [5, 5.41) is 0. The molecule has 1 saturated carbocycles. The molecule has 3 rings (SSSR count). The first kappa shape index (κ1) is 17.8. The summed E-state index contributed by atoms with van der Waals surface area (Å²) in [7, 11) is 1.65. The van der Waals surface area contributed by atoms with Crippen molar-refractivity contribution in [2.24, 2.45) is 5.92 Å². The zero-order valence-corrected chi connectivity index (χ0v) is 15.3. The van der Waals surface area contributed by atoms with Crippen LogP contribution >= 0.6 is 0 Å². The molecular weight excluding hydrogens is 316 g/mol. The number of benzene rings is 1. The molecule has 1 aliphatic heterocycles. The van der Waals surface area contributed by atoms with E-state index in [1.54, 1.807) is 7.11 Å². The lowest BCUT2D eigenvalue weighted by molar-refractivity contribution is -0.136. The fourth-order valence-electron chi connectivity index (χ4n) is 3.93. The molecule has 136 valence electrons. The molecule has 0 spiro atoms. The molecule has 25 heavy (non-hydrogen) atoms. The van der Waals surface area contributed by atoms with Gasteiger partial charge in [-0.2, -0.15) is 0 Å². The Morgan fingerprint density at radius 3 is 2.32 bits per heavy atom. The molecule has 0 radical (unpaired) electrons. The topological polar surface area (TPSA) is 49.9 Å². The summed E-state index contributed by atoms with van der Waals surface area (Å²) in [6, 6.07) is 5.62. The number of piperazine rings is 1. The molecule has 0 unspecified atom stereocenters. The van der Waals surface area contributed by atoms with Crippen molar-refractivity contribution in [3.8, 4) is 5.75 Å². The van der Waals surface area contributed by atoms with Gasteiger partial charge in [0.05, 0.1) is 7.11 Å². The molecular formula is C20H28N2O3. The third-order valence-electron chi connectivity index (χ3n) is 5.49. The van der Waals surface area contributed by atoms with Crippen LogP contribution in [0.4, 0.5) is 0 Å². The van der Waals surface area contributed by atoms with E-state index >= 15 is 0 Å². The molecule has 1 aromatic rings. The molecule has 2 fully saturated rings. The summed E-state index contributed by atoms with van der Waals surface area (Å²) in [5.41, 5.74) is 1.75. The molecule has 0 bridgehead atoms. The summed E-state index contributed by atoms with van der Waals surface area (Å²) in [4.78, 5) is 29.1. The number of nitrogens with zero attached hydrogens (tertiary/aromatic N) is 2. The van der Waals surface area contributed by atoms with Gasteiger partial charge in [0.1, 0.15) is 5.75 Å². The molecule has 1 aromatic carbocycles. The molecule has 2 amide bonds. The van der Waals surface area contributed by atoms with E-state index in [0.717, 1.165) is 30.6 Å². The average molecular weight is 344 g/mol. The largest absolute Gasteiger partial charge is 0.496 e. The minimum Gasteiger partial charge on any atom is -0.496 e. The van der Waals surface area contributed by atoms with Gasteiger partial charge in [-0.25, -0.2) is 0 Å². The van der Waals surface area contributed by atoms with Crippen LogP contribution in [-0.4, -0.2) is 54.9 Å². The monoisotopic (exact) mass is 344 g/mol. The lowest BCUT2D eigenvalue weighted by atomic mass is 10.0. The number of amides is 2. The van der Waals surface area contributed by atoms with Crippen molar-refractivity contribution in [1.29, 1.82) is 0 Å². The van der Waals surface area contributed by atoms with Crippen LogP contribution in [0.1, 0.15) is 48.5 Å². The Balaban J connectivity index is 1.60. The number of carbonyl (C=O) groups excluding carboxylic acids is 2. The third-order valence-corrected chi connectivity index (χ3v) is 5.49. The first-order valence-electron chi connectivity index (χ1n) is 9.39. The first-order valence-corrected chi connectivity index (χ1v) is 9.39. The lowest BCUT2D eigenvalue weighted by Crippen LogP contribution is -2.51. The highest BCUT2D eigenvalue weighted by Crippen LogP contribution is 2.27. The summed E-state index contributed by atoms with van der Waals surface area (Å²) in [6.45, 7) is 4.59. The summed E-state index contributed by atoms with van der Waals surface area (Å²) >= 11 is 0. The Hall–Kier alpha value is -2.04. The van der Waals surface area contributed by atoms with Crippen LogP contribution in [0.25, 0.3) is 0 Å². The van der Waals surface area contributed by atoms with Crippen LogP contribution in [0.5, 0.6) is 5.75 Å². The predicted octanol–water partition coefficient (Wildman–Crippen LogP) is 2.73. The normalized spacial score (nSPS) is 18.5. The van der Waals surface area contributed by atoms with E-state index in [4.69, 9.17) is 4.74 Å². The maximum atomic E-state index is 12.8. The Bertz CT molecular complexity index is 630. The predicted molar refractivity (Wildman–Crippen MR) is 96.8 cm³/mol. The van der Waals surface area contributed by atoms with E-state index in [1.165, 1.54) is 12.8 Å². The second kappa shape index (κ2) is 7.89. The molecule has 1 aliphatic carbocycles. The number of aryl methyl sites for hydroxylation is 1. The van der Waals surface area contributed by atoms with Gasteiger partial charge in [-0.3, -0.25) is 9.59 Å². The van der Waals surface area contributed by atoms with Crippen LogP contribution < -0.4 is 4.74 Å². The average Bonchev–Trinajstić information content (AvgIpc) is 3.21. The number of hydrogen-bond donors (Lipinski definition) is 0. The van der Waals surface area contributed by atoms with Crippen molar-refractivity contribution in [2.75, 3.05) is 33.3 Å². The Kier molecular flexibility index (Phi) is 5.61. The fourth-order valence-corrected chi connectivity index (χ4v) is 3.93. The van der Waals surface area contributed by atoms with Gasteiger partial charge in [-0.1, -0.05) is 19.8 Å². The highest BCUT2D eigenvalue weighted by molar-refractivity contribution is 5.95. The van der Waals surface area contributed by atoms with Crippen LogP contribution in [0.3, 0.4) is 0 Å². The maximum absolute atomic E-state index is 12.8. The highest BCUT2D eigenvalue weighted by atomic mass is 16.5. The number of ether oxygens (including phenoxy) is 1. The van der Waals surface area contributed by atoms with Crippen molar-refractivity contribution in [2.45, 2.75) is 39.0 Å². The minimum atomic E-state index is 0.0466. The standard InChI is InChI=1S/C20H28N2O3/c1-3-15-14-17(8-9-18(15)25-2)20(24)22-12-10-21(11-13-22)19(23)16-6-4-5-7-16/h8-9,14,16H,3-7,10-13H2,1-2H3. The first-order chi connectivity index (χ1) is 12.1. The molecule has 5 nitrogen and oxygen atoms in total. The van der Waals surface area contributed by atoms with E-state index in [-0.39, 0.29) is 11.8 Å². The van der Waals surface area contributed by atoms with Crippen molar-refractivity contribution in [1.82, 2.24) is 9.80 Å². The maximum Gasteiger partial charge on any atom is 0.253 e. The summed E-state index contributed by atoms with van der Waals surface area (Å²) < 4.78 is 5.34. The second-order valence-electron chi connectivity index (χ2n) is 6.98. The van der Waals surface area contributed by atoms with Gasteiger partial charge in [-0.15, -0.1) is 0 Å². The molecule has 0 N–H and O–H groups in total. The van der Waals surface area contributed by atoms with Gasteiger partial charge >= 0.3 is 0 Å². The van der Waals surface area contributed by atoms with Crippen LogP contribution in [0, 0.1) is 5.92 Å². The molecule has 0 atom stereocenters. The Morgan fingerprint density at radius 2 is 1.72 bits per heavy atom. The van der Waals surface area contributed by atoms with Crippen molar-refractivity contribution in [3.63, 3.8) is 0 Å². The van der Waals surface area contributed by atoms with E-state index in [1.807, 2.05) is 28.0 Å². The van der Waals surface area contributed by atoms with Crippen molar-refractivity contribution < 1.29 is 14.3 Å². The number of rotatable bonds is 4. The Morgan fingerprint density at radius 1 is 1.08 bits per heavy atom. The van der Waals surface area contributed by atoms with E-state index < -0.39 is 0 Å². The summed E-state index contributed by atoms with van der Waals surface area (Å²) in [6.07, 6.45) is 5.24. The van der Waals surface area contributed by atoms with Gasteiger partial charge in [0.2, 0.25) is 5.91 Å². The second-order valence-corrected chi connectivity index (χ2v) is 6.98. The Labute approximate surface area is 149 Å². The van der Waals surface area contributed by atoms with Crippen molar-refractivity contribution in [3.05, 3.63) is 29.3 Å². The molecule has 1 heterocycles. The van der Waals surface area contributed by atoms with Gasteiger partial charge < -0.3 is 14.5 Å². The van der Waals surface area contributed by atoms with E-state index in [0.29, 0.717) is 37.6 Å². The summed E-state index contributed by atoms with van der Waals surface area (Å²) in [5.74, 6) is 1.38. The lowest BCUT2D eigenvalue weighted by Gasteiger charge is -2.36. The van der Waals surface area contributed by atoms with Gasteiger partial charge in [-0.05, 0) is 43.0 Å². The number of hydrogen-bond acceptors (Lipinski definition) is 3. The van der Waals surface area contributed by atoms with Crippen LogP contribution in [0.15, 0.2) is 18.2 Å². The smallest absolute Gasteiger partial charge is 0.253 e. The van der Waals surface area contributed by atoms with Crippen LogP contribution in [-0.2, 0) is 11.2 Å². The molecule has 5 heteroatoms. The minimum absolute atomic E-state index is 0.0466. The SMILES string of the molecule is CCc1cc(C(=O)N2CCN(C(=O)C3CCCC3)CC2)ccc1OC. The molecule has 2 aliphatic rings. The van der Waals surface area contributed by atoms with Crippen LogP contribution in [0.2, 0.25) is 0 Å². The van der Waals surface area contributed by atoms with Gasteiger partial charge in [0.25, 0.3) is 5.91 Å². The third kappa shape index (κ3) is 3.80. The zero-order chi connectivity index (χ0) is 17.8. The quantitative estimate of drug-likeness (QED) is 0.844. The van der Waals surface area contributed by atoms with Gasteiger partial charge in [0, 0.05) is 37.7 Å². The molecule has 0 aromatic heterocycles. The zero-order valence-electron chi connectivity index (χ0n) is 15.3. The number of carbonyl (C=O) groups is 2. The van der Waals surface area contributed by atoms with Gasteiger partial charge in [0.15, 0.2) is 0 Å². The van der Waals surface area contributed by atoms with E-state index in [9.17, 15) is 9.59 Å². The molecule has 1 saturated heterocycles. The fraction of sp³-hybridized carbons (Fsp3) is 0.600. The van der Waals surface area contributed by atoms with Crippen molar-refractivity contribution >= 4 is 11.8 Å². The highest BCUT2D eigenvalue weighted by Gasteiger charge is 2.30. The van der Waals surface area contributed by atoms with E-state index in [2.05, 4.69) is 6.92 Å².